The lowest BCUT2D eigenvalue weighted by Gasteiger charge is -2.35. The van der Waals surface area contributed by atoms with Crippen LogP contribution < -0.4 is 10.1 Å². The van der Waals surface area contributed by atoms with Gasteiger partial charge in [-0.05, 0) is 12.5 Å². The van der Waals surface area contributed by atoms with E-state index in [1.165, 1.54) is 0 Å². The van der Waals surface area contributed by atoms with Crippen LogP contribution in [0, 0.1) is 0 Å². The summed E-state index contributed by atoms with van der Waals surface area (Å²) in [5, 5.41) is 11.7. The molecule has 0 saturated carbocycles. The van der Waals surface area contributed by atoms with Crippen molar-refractivity contribution in [2.75, 3.05) is 7.11 Å². The molecule has 0 aliphatic carbocycles. The second kappa shape index (κ2) is 3.90. The highest BCUT2D eigenvalue weighted by atomic mass is 16.5. The molecule has 1 aliphatic rings. The first-order valence-electron chi connectivity index (χ1n) is 4.84. The molecule has 1 heterocycles. The van der Waals surface area contributed by atoms with E-state index in [1.807, 2.05) is 24.3 Å². The Bertz CT molecular complexity index is 372. The van der Waals surface area contributed by atoms with Crippen LogP contribution in [0.5, 0.6) is 5.75 Å². The van der Waals surface area contributed by atoms with Crippen molar-refractivity contribution in [2.45, 2.75) is 18.5 Å². The van der Waals surface area contributed by atoms with Crippen molar-refractivity contribution in [1.29, 1.82) is 0 Å². The molecule has 1 aromatic rings. The number of aliphatic carboxylic acids is 1. The number of hydrogen-bond donors (Lipinski definition) is 2. The molecule has 2 atom stereocenters. The van der Waals surface area contributed by atoms with Crippen LogP contribution in [0.1, 0.15) is 18.0 Å². The standard InChI is InChI=1S/C11H13NO3/c1-15-10-5-3-2-4-7(10)8-6-9(12-8)11(13)14/h2-5,8-9,12H,6H2,1H3,(H,13,14). The van der Waals surface area contributed by atoms with Crippen LogP contribution in [0.25, 0.3) is 0 Å². The molecule has 1 saturated heterocycles. The lowest BCUT2D eigenvalue weighted by atomic mass is 9.90. The van der Waals surface area contributed by atoms with Gasteiger partial charge in [-0.2, -0.15) is 0 Å². The van der Waals surface area contributed by atoms with E-state index in [-0.39, 0.29) is 6.04 Å². The molecule has 15 heavy (non-hydrogen) atoms. The van der Waals surface area contributed by atoms with E-state index in [0.717, 1.165) is 11.3 Å². The number of carboxylic acid groups (broad SMARTS) is 1. The summed E-state index contributed by atoms with van der Waals surface area (Å²) in [6.45, 7) is 0. The van der Waals surface area contributed by atoms with Gasteiger partial charge in [-0.1, -0.05) is 18.2 Å². The van der Waals surface area contributed by atoms with E-state index >= 15 is 0 Å². The lowest BCUT2D eigenvalue weighted by Crippen LogP contribution is -2.50. The van der Waals surface area contributed by atoms with Gasteiger partial charge in [-0.25, -0.2) is 0 Å². The van der Waals surface area contributed by atoms with Gasteiger partial charge in [0.2, 0.25) is 0 Å². The molecule has 1 aliphatic heterocycles. The largest absolute Gasteiger partial charge is 0.496 e. The topological polar surface area (TPSA) is 58.6 Å². The molecule has 2 unspecified atom stereocenters. The predicted octanol–water partition coefficient (Wildman–Crippen LogP) is 1.18. The number of methoxy groups -OCH3 is 1. The van der Waals surface area contributed by atoms with Crippen LogP contribution in [0.3, 0.4) is 0 Å². The molecular formula is C11H13NO3. The normalized spacial score (nSPS) is 24.3. The fourth-order valence-electron chi connectivity index (χ4n) is 1.80. The van der Waals surface area contributed by atoms with Gasteiger partial charge in [0, 0.05) is 11.6 Å². The highest BCUT2D eigenvalue weighted by Gasteiger charge is 2.35. The molecular weight excluding hydrogens is 194 g/mol. The van der Waals surface area contributed by atoms with Crippen molar-refractivity contribution >= 4 is 5.97 Å². The molecule has 0 aromatic heterocycles. The fourth-order valence-corrected chi connectivity index (χ4v) is 1.80. The number of carbonyl (C=O) groups is 1. The Morgan fingerprint density at radius 3 is 2.80 bits per heavy atom. The molecule has 0 radical (unpaired) electrons. The average molecular weight is 207 g/mol. The summed E-state index contributed by atoms with van der Waals surface area (Å²) in [4.78, 5) is 10.6. The second-order valence-corrected chi connectivity index (χ2v) is 3.59. The summed E-state index contributed by atoms with van der Waals surface area (Å²) in [6, 6.07) is 7.34. The number of nitrogens with one attached hydrogen (secondary N) is 1. The van der Waals surface area contributed by atoms with E-state index in [2.05, 4.69) is 5.32 Å². The molecule has 80 valence electrons. The number of para-hydroxylation sites is 1. The van der Waals surface area contributed by atoms with E-state index in [4.69, 9.17) is 9.84 Å². The predicted molar refractivity (Wildman–Crippen MR) is 54.9 cm³/mol. The van der Waals surface area contributed by atoms with Gasteiger partial charge < -0.3 is 9.84 Å². The first-order valence-corrected chi connectivity index (χ1v) is 4.84. The zero-order valence-electron chi connectivity index (χ0n) is 8.43. The Hall–Kier alpha value is -1.55. The Balaban J connectivity index is 2.09. The number of carboxylic acids is 1. The van der Waals surface area contributed by atoms with E-state index < -0.39 is 12.0 Å². The van der Waals surface area contributed by atoms with Crippen LogP contribution >= 0.6 is 0 Å². The molecule has 4 heteroatoms. The van der Waals surface area contributed by atoms with Crippen molar-refractivity contribution in [3.05, 3.63) is 29.8 Å². The molecule has 4 nitrogen and oxygen atoms in total. The summed E-state index contributed by atoms with van der Waals surface area (Å²) in [7, 11) is 1.62. The minimum absolute atomic E-state index is 0.0993. The first-order chi connectivity index (χ1) is 7.22. The first kappa shape index (κ1) is 9.98. The third kappa shape index (κ3) is 1.80. The van der Waals surface area contributed by atoms with Gasteiger partial charge >= 0.3 is 5.97 Å². The van der Waals surface area contributed by atoms with Crippen LogP contribution in [-0.4, -0.2) is 24.2 Å². The molecule has 1 fully saturated rings. The third-order valence-electron chi connectivity index (χ3n) is 2.69. The van der Waals surface area contributed by atoms with Gasteiger partial charge in [0.25, 0.3) is 0 Å². The molecule has 2 rings (SSSR count). The quantitative estimate of drug-likeness (QED) is 0.781. The number of rotatable bonds is 3. The zero-order chi connectivity index (χ0) is 10.8. The van der Waals surface area contributed by atoms with Gasteiger partial charge in [-0.3, -0.25) is 10.1 Å². The maximum Gasteiger partial charge on any atom is 0.320 e. The van der Waals surface area contributed by atoms with Crippen molar-refractivity contribution in [3.8, 4) is 5.75 Å². The van der Waals surface area contributed by atoms with Crippen LogP contribution in [0.2, 0.25) is 0 Å². The summed E-state index contributed by atoms with van der Waals surface area (Å²) >= 11 is 0. The van der Waals surface area contributed by atoms with E-state index in [9.17, 15) is 4.79 Å². The molecule has 1 aromatic carbocycles. The van der Waals surface area contributed by atoms with Gasteiger partial charge in [0.15, 0.2) is 0 Å². The molecule has 0 spiro atoms. The van der Waals surface area contributed by atoms with Gasteiger partial charge in [0.05, 0.1) is 7.11 Å². The van der Waals surface area contributed by atoms with Crippen molar-refractivity contribution in [2.24, 2.45) is 0 Å². The smallest absolute Gasteiger partial charge is 0.320 e. The third-order valence-corrected chi connectivity index (χ3v) is 2.69. The van der Waals surface area contributed by atoms with Crippen LogP contribution in [0.4, 0.5) is 0 Å². The lowest BCUT2D eigenvalue weighted by molar-refractivity contribution is -0.142. The maximum absolute atomic E-state index is 10.6. The highest BCUT2D eigenvalue weighted by Crippen LogP contribution is 2.33. The van der Waals surface area contributed by atoms with Crippen molar-refractivity contribution < 1.29 is 14.6 Å². The van der Waals surface area contributed by atoms with E-state index in [1.54, 1.807) is 7.11 Å². The fraction of sp³-hybridized carbons (Fsp3) is 0.364. The number of benzene rings is 1. The maximum atomic E-state index is 10.6. The summed E-state index contributed by atoms with van der Waals surface area (Å²) in [5.41, 5.74) is 1.03. The SMILES string of the molecule is COc1ccccc1C1CC(C(=O)O)N1. The summed E-state index contributed by atoms with van der Waals surface area (Å²) < 4.78 is 5.21. The van der Waals surface area contributed by atoms with Gasteiger partial charge in [-0.15, -0.1) is 0 Å². The van der Waals surface area contributed by atoms with Crippen molar-refractivity contribution in [1.82, 2.24) is 5.32 Å². The Morgan fingerprint density at radius 1 is 1.53 bits per heavy atom. The van der Waals surface area contributed by atoms with Crippen molar-refractivity contribution in [3.63, 3.8) is 0 Å². The minimum Gasteiger partial charge on any atom is -0.496 e. The number of ether oxygens (including phenoxy) is 1. The molecule has 2 N–H and O–H groups in total. The minimum atomic E-state index is -0.791. The Morgan fingerprint density at radius 2 is 2.20 bits per heavy atom. The summed E-state index contributed by atoms with van der Waals surface area (Å²) in [6.07, 6.45) is 0.621. The highest BCUT2D eigenvalue weighted by molar-refractivity contribution is 5.75. The summed E-state index contributed by atoms with van der Waals surface area (Å²) in [5.74, 6) is 0.0139. The van der Waals surface area contributed by atoms with Crippen LogP contribution in [-0.2, 0) is 4.79 Å². The van der Waals surface area contributed by atoms with Gasteiger partial charge in [0.1, 0.15) is 11.8 Å². The molecule has 0 amide bonds. The van der Waals surface area contributed by atoms with Crippen LogP contribution in [0.15, 0.2) is 24.3 Å². The Labute approximate surface area is 87.9 Å². The van der Waals surface area contributed by atoms with E-state index in [0.29, 0.717) is 6.42 Å². The number of hydrogen-bond acceptors (Lipinski definition) is 3. The second-order valence-electron chi connectivity index (χ2n) is 3.59. The monoisotopic (exact) mass is 207 g/mol. The Kier molecular flexibility index (Phi) is 2.60. The zero-order valence-corrected chi connectivity index (χ0v) is 8.43. The average Bonchev–Trinajstić information content (AvgIpc) is 2.15. The molecule has 0 bridgehead atoms.